The summed E-state index contributed by atoms with van der Waals surface area (Å²) >= 11 is 2.83. The first-order valence-electron chi connectivity index (χ1n) is 10.0. The van der Waals surface area contributed by atoms with Crippen LogP contribution in [0.15, 0.2) is 63.3 Å². The summed E-state index contributed by atoms with van der Waals surface area (Å²) in [5, 5.41) is 8.60. The number of benzene rings is 2. The Morgan fingerprint density at radius 2 is 1.68 bits per heavy atom. The van der Waals surface area contributed by atoms with Crippen LogP contribution in [0.3, 0.4) is 0 Å². The van der Waals surface area contributed by atoms with Gasteiger partial charge in [0.1, 0.15) is 11.5 Å². The number of hydrogen-bond acceptors (Lipinski definition) is 7. The summed E-state index contributed by atoms with van der Waals surface area (Å²) < 4.78 is 45.8. The predicted molar refractivity (Wildman–Crippen MR) is 131 cm³/mol. The Balaban J connectivity index is 1.96. The molecule has 176 valence electrons. The predicted octanol–water partition coefficient (Wildman–Crippen LogP) is 6.09. The summed E-state index contributed by atoms with van der Waals surface area (Å²) in [5.74, 6) is 0.00812. The van der Waals surface area contributed by atoms with Gasteiger partial charge >= 0.3 is 0 Å². The molecule has 0 spiro atoms. The average molecular weight is 502 g/mol. The third kappa shape index (κ3) is 4.73. The molecule has 0 amide bonds. The molecular formula is C24H21F2N3O3S2. The van der Waals surface area contributed by atoms with E-state index in [2.05, 4.69) is 4.99 Å². The lowest BCUT2D eigenvalue weighted by molar-refractivity contribution is 0.324. The minimum atomic E-state index is -0.756. The molecule has 6 nitrogen and oxygen atoms in total. The van der Waals surface area contributed by atoms with Gasteiger partial charge < -0.3 is 14.2 Å². The SMILES string of the molecule is COc1cc(-c2csc(=Nc3ccc(F)cc3F)n2N=C(C)c2cccs2)cc(OC)c1OC. The van der Waals surface area contributed by atoms with E-state index in [1.807, 2.05) is 29.8 Å². The molecule has 0 radical (unpaired) electrons. The van der Waals surface area contributed by atoms with Gasteiger partial charge in [-0.1, -0.05) is 6.07 Å². The fraction of sp³-hybridized carbons (Fsp3) is 0.167. The van der Waals surface area contributed by atoms with Crippen LogP contribution >= 0.6 is 22.7 Å². The van der Waals surface area contributed by atoms with Crippen molar-refractivity contribution in [2.45, 2.75) is 6.92 Å². The number of methoxy groups -OCH3 is 3. The van der Waals surface area contributed by atoms with Gasteiger partial charge in [0.05, 0.1) is 37.6 Å². The molecule has 0 aliphatic carbocycles. The Hall–Kier alpha value is -3.50. The van der Waals surface area contributed by atoms with Gasteiger partial charge in [0.2, 0.25) is 10.6 Å². The van der Waals surface area contributed by atoms with E-state index in [9.17, 15) is 8.78 Å². The number of halogens is 2. The first-order valence-corrected chi connectivity index (χ1v) is 11.8. The molecular weight excluding hydrogens is 480 g/mol. The van der Waals surface area contributed by atoms with Gasteiger partial charge in [-0.2, -0.15) is 5.10 Å². The summed E-state index contributed by atoms with van der Waals surface area (Å²) in [6.45, 7) is 1.89. The second-order valence-electron chi connectivity index (χ2n) is 7.00. The van der Waals surface area contributed by atoms with Crippen molar-refractivity contribution in [1.82, 2.24) is 4.68 Å². The maximum Gasteiger partial charge on any atom is 0.211 e. The van der Waals surface area contributed by atoms with Crippen molar-refractivity contribution in [2.24, 2.45) is 10.1 Å². The Labute approximate surface area is 203 Å². The monoisotopic (exact) mass is 501 g/mol. The number of aromatic nitrogens is 1. The van der Waals surface area contributed by atoms with Crippen molar-refractivity contribution < 1.29 is 23.0 Å². The molecule has 0 bridgehead atoms. The molecule has 0 aliphatic rings. The zero-order valence-electron chi connectivity index (χ0n) is 18.8. The van der Waals surface area contributed by atoms with Gasteiger partial charge in [-0.25, -0.2) is 18.4 Å². The van der Waals surface area contributed by atoms with Gasteiger partial charge in [0.25, 0.3) is 0 Å². The van der Waals surface area contributed by atoms with Crippen molar-refractivity contribution in [1.29, 1.82) is 0 Å². The van der Waals surface area contributed by atoms with E-state index in [-0.39, 0.29) is 5.69 Å². The van der Waals surface area contributed by atoms with Crippen molar-refractivity contribution in [3.05, 3.63) is 74.5 Å². The van der Waals surface area contributed by atoms with Crippen LogP contribution in [-0.2, 0) is 0 Å². The number of thiazole rings is 1. The second-order valence-corrected chi connectivity index (χ2v) is 8.78. The molecule has 0 saturated heterocycles. The Morgan fingerprint density at radius 3 is 2.26 bits per heavy atom. The minimum absolute atomic E-state index is 0.0115. The number of thiophene rings is 1. The molecule has 0 atom stereocenters. The smallest absolute Gasteiger partial charge is 0.211 e. The van der Waals surface area contributed by atoms with Crippen LogP contribution in [0.5, 0.6) is 17.2 Å². The largest absolute Gasteiger partial charge is 0.493 e. The van der Waals surface area contributed by atoms with E-state index < -0.39 is 11.6 Å². The maximum atomic E-state index is 14.3. The highest BCUT2D eigenvalue weighted by molar-refractivity contribution is 7.12. The maximum absolute atomic E-state index is 14.3. The summed E-state index contributed by atoms with van der Waals surface area (Å²) in [6.07, 6.45) is 0. The lowest BCUT2D eigenvalue weighted by atomic mass is 10.1. The van der Waals surface area contributed by atoms with Crippen molar-refractivity contribution >= 4 is 34.1 Å². The molecule has 0 N–H and O–H groups in total. The number of rotatable bonds is 7. The first-order chi connectivity index (χ1) is 16.4. The molecule has 4 rings (SSSR count). The Morgan fingerprint density at radius 1 is 0.941 bits per heavy atom. The quantitative estimate of drug-likeness (QED) is 0.288. The minimum Gasteiger partial charge on any atom is -0.493 e. The molecule has 2 heterocycles. The third-order valence-corrected chi connectivity index (χ3v) is 6.69. The van der Waals surface area contributed by atoms with E-state index in [0.717, 1.165) is 22.2 Å². The standard InChI is InChI=1S/C24H21F2N3O3S2/c1-14(22-6-5-9-33-22)28-29-19(15-10-20(30-2)23(32-4)21(11-15)31-3)13-34-24(29)27-18-8-7-16(25)12-17(18)26/h5-13H,1-4H3. The zero-order chi connectivity index (χ0) is 24.2. The van der Waals surface area contributed by atoms with E-state index in [0.29, 0.717) is 27.7 Å². The molecule has 2 aromatic heterocycles. The lowest BCUT2D eigenvalue weighted by Crippen LogP contribution is -2.13. The molecule has 0 unspecified atom stereocenters. The lowest BCUT2D eigenvalue weighted by Gasteiger charge is -2.14. The molecule has 10 heteroatoms. The second kappa shape index (κ2) is 10.2. The van der Waals surface area contributed by atoms with Gasteiger partial charge in [-0.15, -0.1) is 22.7 Å². The number of hydrogen-bond donors (Lipinski definition) is 0. The highest BCUT2D eigenvalue weighted by Gasteiger charge is 2.17. The van der Waals surface area contributed by atoms with Gasteiger partial charge in [0, 0.05) is 17.0 Å². The van der Waals surface area contributed by atoms with Crippen LogP contribution in [0.4, 0.5) is 14.5 Å². The summed E-state index contributed by atoms with van der Waals surface area (Å²) in [7, 11) is 4.62. The normalized spacial score (nSPS) is 12.2. The average Bonchev–Trinajstić information content (AvgIpc) is 3.50. The molecule has 0 aliphatic heterocycles. The van der Waals surface area contributed by atoms with Crippen LogP contribution in [0.1, 0.15) is 11.8 Å². The number of nitrogens with zero attached hydrogens (tertiary/aromatic N) is 3. The van der Waals surface area contributed by atoms with Crippen LogP contribution in [0.25, 0.3) is 11.3 Å². The Bertz CT molecular complexity index is 1380. The fourth-order valence-corrected chi connectivity index (χ4v) is 4.78. The van der Waals surface area contributed by atoms with Crippen LogP contribution < -0.4 is 19.0 Å². The van der Waals surface area contributed by atoms with E-state index in [4.69, 9.17) is 19.3 Å². The fourth-order valence-electron chi connectivity index (χ4n) is 3.26. The molecule has 34 heavy (non-hydrogen) atoms. The number of ether oxygens (including phenoxy) is 3. The van der Waals surface area contributed by atoms with Crippen molar-refractivity contribution in [2.75, 3.05) is 21.3 Å². The Kier molecular flexibility index (Phi) is 7.09. The van der Waals surface area contributed by atoms with Crippen molar-refractivity contribution in [3.63, 3.8) is 0 Å². The molecule has 2 aromatic carbocycles. The van der Waals surface area contributed by atoms with E-state index >= 15 is 0 Å². The van der Waals surface area contributed by atoms with Crippen LogP contribution in [0.2, 0.25) is 0 Å². The van der Waals surface area contributed by atoms with Crippen LogP contribution in [-0.4, -0.2) is 31.7 Å². The van der Waals surface area contributed by atoms with E-state index in [1.165, 1.54) is 30.6 Å². The first kappa shape index (κ1) is 23.7. The molecule has 4 aromatic rings. The molecule has 0 saturated carbocycles. The highest BCUT2D eigenvalue weighted by atomic mass is 32.1. The summed E-state index contributed by atoms with van der Waals surface area (Å²) in [4.78, 5) is 5.82. The third-order valence-electron chi connectivity index (χ3n) is 4.90. The molecule has 0 fully saturated rings. The summed E-state index contributed by atoms with van der Waals surface area (Å²) in [5.41, 5.74) is 2.18. The van der Waals surface area contributed by atoms with E-state index in [1.54, 1.807) is 42.4 Å². The van der Waals surface area contributed by atoms with Gasteiger partial charge in [-0.3, -0.25) is 0 Å². The summed E-state index contributed by atoms with van der Waals surface area (Å²) in [6, 6.07) is 10.8. The van der Waals surface area contributed by atoms with Gasteiger partial charge in [0.15, 0.2) is 17.3 Å². The van der Waals surface area contributed by atoms with Crippen molar-refractivity contribution in [3.8, 4) is 28.5 Å². The zero-order valence-corrected chi connectivity index (χ0v) is 20.5. The van der Waals surface area contributed by atoms with Gasteiger partial charge in [-0.05, 0) is 42.6 Å². The highest BCUT2D eigenvalue weighted by Crippen LogP contribution is 2.41. The van der Waals surface area contributed by atoms with Crippen LogP contribution in [0, 0.1) is 11.6 Å². The topological polar surface area (TPSA) is 57.3 Å².